The van der Waals surface area contributed by atoms with Crippen LogP contribution in [0.15, 0.2) is 24.3 Å². The molecular weight excluding hydrogens is 306 g/mol. The third kappa shape index (κ3) is 3.34. The predicted molar refractivity (Wildman–Crippen MR) is 75.2 cm³/mol. The summed E-state index contributed by atoms with van der Waals surface area (Å²) in [6.07, 6.45) is -0.594. The van der Waals surface area contributed by atoms with E-state index in [-0.39, 0.29) is 11.1 Å². The monoisotopic (exact) mass is 319 g/mol. The molecule has 0 bridgehead atoms. The fourth-order valence-electron chi connectivity index (χ4n) is 2.17. The maximum atomic E-state index is 12.1. The minimum atomic E-state index is -1.52. The van der Waals surface area contributed by atoms with Gasteiger partial charge in [0.05, 0.1) is 17.5 Å². The minimum absolute atomic E-state index is 0.178. The van der Waals surface area contributed by atoms with E-state index in [0.717, 1.165) is 0 Å². The second kappa shape index (κ2) is 6.26. The highest BCUT2D eigenvalue weighted by molar-refractivity contribution is 6.22. The number of hydrogen-bond acceptors (Lipinski definition) is 5. The van der Waals surface area contributed by atoms with E-state index in [2.05, 4.69) is 5.32 Å². The summed E-state index contributed by atoms with van der Waals surface area (Å²) in [5, 5.41) is 11.0. The molecule has 4 amide bonds. The van der Waals surface area contributed by atoms with E-state index in [1.54, 1.807) is 12.1 Å². The van der Waals surface area contributed by atoms with Crippen LogP contribution < -0.4 is 11.1 Å². The summed E-state index contributed by atoms with van der Waals surface area (Å²) in [7, 11) is 0. The standard InChI is InChI=1S/C14H13N3O6/c15-10(18)5-9(14(22)23)16-11(19)6-17-12(20)7-3-1-2-4-8(7)13(17)21/h1-4,9H,5-6H2,(H2,15,18)(H,16,19)(H,22,23). The van der Waals surface area contributed by atoms with Gasteiger partial charge in [-0.05, 0) is 12.1 Å². The number of imide groups is 1. The van der Waals surface area contributed by atoms with Crippen LogP contribution in [-0.4, -0.2) is 52.2 Å². The quantitative estimate of drug-likeness (QED) is 0.557. The zero-order chi connectivity index (χ0) is 17.1. The number of benzene rings is 1. The first-order chi connectivity index (χ1) is 10.8. The largest absolute Gasteiger partial charge is 0.480 e. The van der Waals surface area contributed by atoms with Crippen LogP contribution in [0.1, 0.15) is 27.1 Å². The molecule has 1 aromatic rings. The number of fused-ring (bicyclic) bond motifs is 1. The number of aliphatic carboxylic acids is 1. The number of amides is 4. The van der Waals surface area contributed by atoms with Crippen molar-refractivity contribution in [2.75, 3.05) is 6.54 Å². The Morgan fingerprint density at radius 2 is 1.65 bits per heavy atom. The average Bonchev–Trinajstić information content (AvgIpc) is 2.72. The summed E-state index contributed by atoms with van der Waals surface area (Å²) in [4.78, 5) is 58.5. The Balaban J connectivity index is 2.07. The van der Waals surface area contributed by atoms with Gasteiger partial charge in [-0.2, -0.15) is 0 Å². The molecule has 2 rings (SSSR count). The van der Waals surface area contributed by atoms with Crippen LogP contribution in [0.25, 0.3) is 0 Å². The molecule has 1 unspecified atom stereocenters. The fraction of sp³-hybridized carbons (Fsp3) is 0.214. The Hall–Kier alpha value is -3.23. The Bertz CT molecular complexity index is 679. The molecule has 1 aliphatic rings. The number of carbonyl (C=O) groups excluding carboxylic acids is 4. The van der Waals surface area contributed by atoms with Crippen LogP contribution in [0.5, 0.6) is 0 Å². The van der Waals surface area contributed by atoms with Crippen LogP contribution in [-0.2, 0) is 14.4 Å². The van der Waals surface area contributed by atoms with Crippen LogP contribution in [0.2, 0.25) is 0 Å². The van der Waals surface area contributed by atoms with Crippen molar-refractivity contribution in [3.05, 3.63) is 35.4 Å². The SMILES string of the molecule is NC(=O)CC(NC(=O)CN1C(=O)c2ccccc2C1=O)C(=O)O. The van der Waals surface area contributed by atoms with Gasteiger partial charge in [-0.15, -0.1) is 0 Å². The molecule has 0 radical (unpaired) electrons. The molecule has 1 heterocycles. The van der Waals surface area contributed by atoms with Crippen LogP contribution in [0, 0.1) is 0 Å². The third-order valence-electron chi connectivity index (χ3n) is 3.22. The molecule has 9 nitrogen and oxygen atoms in total. The second-order valence-electron chi connectivity index (χ2n) is 4.87. The molecule has 0 aliphatic carbocycles. The number of rotatable bonds is 6. The van der Waals surface area contributed by atoms with Crippen molar-refractivity contribution in [1.29, 1.82) is 0 Å². The van der Waals surface area contributed by atoms with E-state index in [1.807, 2.05) is 0 Å². The van der Waals surface area contributed by atoms with Crippen molar-refractivity contribution in [2.45, 2.75) is 12.5 Å². The third-order valence-corrected chi connectivity index (χ3v) is 3.22. The highest BCUT2D eigenvalue weighted by Gasteiger charge is 2.36. The molecule has 1 aromatic carbocycles. The van der Waals surface area contributed by atoms with Gasteiger partial charge in [0.1, 0.15) is 12.6 Å². The number of primary amides is 1. The molecule has 0 spiro atoms. The molecule has 1 aliphatic heterocycles. The lowest BCUT2D eigenvalue weighted by Gasteiger charge is -2.16. The van der Waals surface area contributed by atoms with E-state index in [1.165, 1.54) is 12.1 Å². The van der Waals surface area contributed by atoms with Gasteiger partial charge in [0, 0.05) is 0 Å². The van der Waals surface area contributed by atoms with Crippen LogP contribution >= 0.6 is 0 Å². The van der Waals surface area contributed by atoms with Gasteiger partial charge < -0.3 is 16.2 Å². The number of nitrogens with one attached hydrogen (secondary N) is 1. The van der Waals surface area contributed by atoms with Crippen molar-refractivity contribution in [3.63, 3.8) is 0 Å². The van der Waals surface area contributed by atoms with E-state index in [9.17, 15) is 24.0 Å². The molecule has 0 aromatic heterocycles. The summed E-state index contributed by atoms with van der Waals surface area (Å²) < 4.78 is 0. The predicted octanol–water partition coefficient (Wildman–Crippen LogP) is -1.27. The molecule has 1 atom stereocenters. The van der Waals surface area contributed by atoms with Crippen LogP contribution in [0.3, 0.4) is 0 Å². The summed E-state index contributed by atoms with van der Waals surface area (Å²) in [6.45, 7) is -0.644. The van der Waals surface area contributed by atoms with Crippen molar-refractivity contribution in [2.24, 2.45) is 5.73 Å². The van der Waals surface area contributed by atoms with E-state index >= 15 is 0 Å². The lowest BCUT2D eigenvalue weighted by Crippen LogP contribution is -2.48. The molecular formula is C14H13N3O6. The van der Waals surface area contributed by atoms with Gasteiger partial charge in [0.2, 0.25) is 11.8 Å². The number of carboxylic acids is 1. The first-order valence-electron chi connectivity index (χ1n) is 6.57. The molecule has 9 heteroatoms. The fourth-order valence-corrected chi connectivity index (χ4v) is 2.17. The molecule has 4 N–H and O–H groups in total. The number of nitrogens with two attached hydrogens (primary N) is 1. The topological polar surface area (TPSA) is 147 Å². The average molecular weight is 319 g/mol. The van der Waals surface area contributed by atoms with E-state index in [0.29, 0.717) is 4.90 Å². The smallest absolute Gasteiger partial charge is 0.326 e. The number of nitrogens with zero attached hydrogens (tertiary/aromatic N) is 1. The van der Waals surface area contributed by atoms with Crippen LogP contribution in [0.4, 0.5) is 0 Å². The highest BCUT2D eigenvalue weighted by Crippen LogP contribution is 2.21. The number of carbonyl (C=O) groups is 5. The van der Waals surface area contributed by atoms with Gasteiger partial charge in [-0.1, -0.05) is 12.1 Å². The summed E-state index contributed by atoms with van der Waals surface area (Å²) in [6, 6.07) is 4.57. The van der Waals surface area contributed by atoms with Gasteiger partial charge in [-0.25, -0.2) is 4.79 Å². The molecule has 0 fully saturated rings. The highest BCUT2D eigenvalue weighted by atomic mass is 16.4. The van der Waals surface area contributed by atoms with E-state index < -0.39 is 48.6 Å². The molecule has 0 saturated heterocycles. The van der Waals surface area contributed by atoms with Crippen molar-refractivity contribution in [3.8, 4) is 0 Å². The summed E-state index contributed by atoms with van der Waals surface area (Å²) in [5.74, 6) is -4.50. The lowest BCUT2D eigenvalue weighted by molar-refractivity contribution is -0.143. The second-order valence-corrected chi connectivity index (χ2v) is 4.87. The Labute approximate surface area is 130 Å². The zero-order valence-corrected chi connectivity index (χ0v) is 11.8. The van der Waals surface area contributed by atoms with Crippen molar-refractivity contribution in [1.82, 2.24) is 10.2 Å². The van der Waals surface area contributed by atoms with Gasteiger partial charge in [0.15, 0.2) is 0 Å². The Morgan fingerprint density at radius 1 is 1.13 bits per heavy atom. The zero-order valence-electron chi connectivity index (χ0n) is 11.8. The maximum absolute atomic E-state index is 12.1. The molecule has 23 heavy (non-hydrogen) atoms. The molecule has 120 valence electrons. The maximum Gasteiger partial charge on any atom is 0.326 e. The summed E-state index contributed by atoms with van der Waals surface area (Å²) in [5.41, 5.74) is 5.26. The lowest BCUT2D eigenvalue weighted by atomic mass is 10.1. The summed E-state index contributed by atoms with van der Waals surface area (Å²) >= 11 is 0. The Kier molecular flexibility index (Phi) is 4.39. The van der Waals surface area contributed by atoms with Gasteiger partial charge in [0.25, 0.3) is 11.8 Å². The minimum Gasteiger partial charge on any atom is -0.480 e. The number of carboxylic acid groups (broad SMARTS) is 1. The number of hydrogen-bond donors (Lipinski definition) is 3. The van der Waals surface area contributed by atoms with Gasteiger partial charge >= 0.3 is 5.97 Å². The normalized spacial score (nSPS) is 14.3. The van der Waals surface area contributed by atoms with Crippen molar-refractivity contribution >= 4 is 29.6 Å². The molecule has 0 saturated carbocycles. The first-order valence-corrected chi connectivity index (χ1v) is 6.57. The van der Waals surface area contributed by atoms with Gasteiger partial charge in [-0.3, -0.25) is 24.1 Å². The van der Waals surface area contributed by atoms with E-state index in [4.69, 9.17) is 10.8 Å². The first kappa shape index (κ1) is 16.1. The Morgan fingerprint density at radius 3 is 2.09 bits per heavy atom. The van der Waals surface area contributed by atoms with Crippen molar-refractivity contribution < 1.29 is 29.1 Å².